The summed E-state index contributed by atoms with van der Waals surface area (Å²) in [6.45, 7) is 7.78. The third kappa shape index (κ3) is 4.77. The van der Waals surface area contributed by atoms with Crippen molar-refractivity contribution in [3.8, 4) is 0 Å². The highest BCUT2D eigenvalue weighted by molar-refractivity contribution is 5.93. The smallest absolute Gasteiger partial charge is 0.328 e. The van der Waals surface area contributed by atoms with Crippen molar-refractivity contribution >= 4 is 17.7 Å². The van der Waals surface area contributed by atoms with Crippen LogP contribution in [-0.4, -0.2) is 25.2 Å². The highest BCUT2D eigenvalue weighted by Gasteiger charge is 2.26. The normalized spacial score (nSPS) is 13.2. The molecule has 2 atom stereocenters. The number of ether oxygens (including phenoxy) is 1. The minimum absolute atomic E-state index is 0.00214. The minimum Gasteiger partial charge on any atom is -0.467 e. The molecule has 5 heteroatoms. The van der Waals surface area contributed by atoms with Gasteiger partial charge in [0.1, 0.15) is 6.04 Å². The molecule has 0 fully saturated rings. The Labute approximate surface area is 126 Å². The zero-order chi connectivity index (χ0) is 16.0. The third-order valence-electron chi connectivity index (χ3n) is 3.58. The molecule has 0 aliphatic rings. The number of aryl methyl sites for hydroxylation is 2. The molecule has 2 N–H and O–H groups in total. The van der Waals surface area contributed by atoms with E-state index in [1.807, 2.05) is 45.9 Å². The summed E-state index contributed by atoms with van der Waals surface area (Å²) in [4.78, 5) is 23.8. The number of amides is 2. The van der Waals surface area contributed by atoms with E-state index in [9.17, 15) is 9.59 Å². The Balaban J connectivity index is 2.76. The van der Waals surface area contributed by atoms with Gasteiger partial charge in [-0.15, -0.1) is 0 Å². The average Bonchev–Trinajstić information content (AvgIpc) is 2.46. The number of hydrogen-bond donors (Lipinski definition) is 2. The summed E-state index contributed by atoms with van der Waals surface area (Å²) in [5, 5.41) is 5.45. The molecule has 0 aromatic heterocycles. The van der Waals surface area contributed by atoms with E-state index in [0.717, 1.165) is 23.2 Å². The summed E-state index contributed by atoms with van der Waals surface area (Å²) in [7, 11) is 1.32. The fourth-order valence-corrected chi connectivity index (χ4v) is 2.05. The Hall–Kier alpha value is -2.04. The van der Waals surface area contributed by atoms with Gasteiger partial charge in [0.25, 0.3) is 0 Å². The molecule has 0 radical (unpaired) electrons. The summed E-state index contributed by atoms with van der Waals surface area (Å²) >= 11 is 0. The number of nitrogens with one attached hydrogen (secondary N) is 2. The fourth-order valence-electron chi connectivity index (χ4n) is 2.05. The molecule has 0 heterocycles. The van der Waals surface area contributed by atoms with Gasteiger partial charge in [-0.2, -0.15) is 0 Å². The van der Waals surface area contributed by atoms with E-state index in [4.69, 9.17) is 4.74 Å². The minimum atomic E-state index is -0.647. The molecule has 0 unspecified atom stereocenters. The number of carbonyl (C=O) groups excluding carboxylic acids is 2. The third-order valence-corrected chi connectivity index (χ3v) is 3.58. The maximum Gasteiger partial charge on any atom is 0.328 e. The van der Waals surface area contributed by atoms with Gasteiger partial charge in [0.2, 0.25) is 0 Å². The van der Waals surface area contributed by atoms with Crippen LogP contribution in [0.25, 0.3) is 0 Å². The standard InChI is InChI=1S/C16H24N2O3/c1-6-11(3)14(15(19)21-5)18-16(20)17-13-8-7-10(2)9-12(13)4/h7-9,11,14H,6H2,1-5H3,(H2,17,18,20)/t11-,14+/m1/s1. The van der Waals surface area contributed by atoms with Crippen LogP contribution in [0.3, 0.4) is 0 Å². The first kappa shape index (κ1) is 17.0. The lowest BCUT2D eigenvalue weighted by Crippen LogP contribution is -2.47. The summed E-state index contributed by atoms with van der Waals surface area (Å²) in [6.07, 6.45) is 0.767. The van der Waals surface area contributed by atoms with E-state index in [1.54, 1.807) is 0 Å². The lowest BCUT2D eigenvalue weighted by molar-refractivity contribution is -0.144. The van der Waals surface area contributed by atoms with Crippen molar-refractivity contribution in [2.45, 2.75) is 40.2 Å². The molecule has 5 nitrogen and oxygen atoms in total. The molecule has 0 spiro atoms. The van der Waals surface area contributed by atoms with Crippen LogP contribution in [0.2, 0.25) is 0 Å². The zero-order valence-electron chi connectivity index (χ0n) is 13.3. The van der Waals surface area contributed by atoms with Gasteiger partial charge in [-0.1, -0.05) is 38.0 Å². The average molecular weight is 292 g/mol. The summed E-state index contributed by atoms with van der Waals surface area (Å²) in [5.74, 6) is -0.428. The predicted molar refractivity (Wildman–Crippen MR) is 83.3 cm³/mol. The van der Waals surface area contributed by atoms with E-state index >= 15 is 0 Å². The number of hydrogen-bond acceptors (Lipinski definition) is 3. The highest BCUT2D eigenvalue weighted by Crippen LogP contribution is 2.16. The van der Waals surface area contributed by atoms with Crippen LogP contribution < -0.4 is 10.6 Å². The van der Waals surface area contributed by atoms with Crippen molar-refractivity contribution in [2.75, 3.05) is 12.4 Å². The van der Waals surface area contributed by atoms with E-state index in [1.165, 1.54) is 7.11 Å². The summed E-state index contributed by atoms with van der Waals surface area (Å²) < 4.78 is 4.74. The highest BCUT2D eigenvalue weighted by atomic mass is 16.5. The number of carbonyl (C=O) groups is 2. The maximum atomic E-state index is 12.1. The Morgan fingerprint density at radius 2 is 1.95 bits per heavy atom. The van der Waals surface area contributed by atoms with Crippen LogP contribution in [0.5, 0.6) is 0 Å². The van der Waals surface area contributed by atoms with Crippen molar-refractivity contribution in [1.82, 2.24) is 5.32 Å². The number of methoxy groups -OCH3 is 1. The number of esters is 1. The van der Waals surface area contributed by atoms with Crippen molar-refractivity contribution < 1.29 is 14.3 Å². The van der Waals surface area contributed by atoms with E-state index in [-0.39, 0.29) is 5.92 Å². The van der Waals surface area contributed by atoms with Gasteiger partial charge in [0.05, 0.1) is 7.11 Å². The van der Waals surface area contributed by atoms with Crippen LogP contribution in [0.4, 0.5) is 10.5 Å². The lowest BCUT2D eigenvalue weighted by atomic mass is 9.99. The SMILES string of the molecule is CC[C@@H](C)[C@H](NC(=O)Nc1ccc(C)cc1C)C(=O)OC. The second kappa shape index (κ2) is 7.67. The molecule has 0 saturated carbocycles. The first-order chi connectivity index (χ1) is 9.88. The first-order valence-corrected chi connectivity index (χ1v) is 7.11. The van der Waals surface area contributed by atoms with Crippen LogP contribution >= 0.6 is 0 Å². The molecule has 1 aromatic carbocycles. The van der Waals surface area contributed by atoms with E-state index < -0.39 is 18.0 Å². The van der Waals surface area contributed by atoms with Crippen LogP contribution in [0.1, 0.15) is 31.4 Å². The second-order valence-corrected chi connectivity index (χ2v) is 5.30. The zero-order valence-corrected chi connectivity index (χ0v) is 13.3. The fraction of sp³-hybridized carbons (Fsp3) is 0.500. The van der Waals surface area contributed by atoms with Crippen LogP contribution in [0, 0.1) is 19.8 Å². The molecule has 0 aliphatic heterocycles. The van der Waals surface area contributed by atoms with Gasteiger partial charge in [-0.25, -0.2) is 9.59 Å². The van der Waals surface area contributed by atoms with Crippen molar-refractivity contribution in [1.29, 1.82) is 0 Å². The van der Waals surface area contributed by atoms with Crippen LogP contribution in [-0.2, 0) is 9.53 Å². The van der Waals surface area contributed by atoms with Gasteiger partial charge in [0, 0.05) is 5.69 Å². The molecule has 116 valence electrons. The monoisotopic (exact) mass is 292 g/mol. The molecule has 0 bridgehead atoms. The van der Waals surface area contributed by atoms with Crippen molar-refractivity contribution in [2.24, 2.45) is 5.92 Å². The quantitative estimate of drug-likeness (QED) is 0.820. The van der Waals surface area contributed by atoms with Gasteiger partial charge in [-0.05, 0) is 31.4 Å². The molecule has 2 amide bonds. The van der Waals surface area contributed by atoms with Gasteiger partial charge in [0.15, 0.2) is 0 Å². The van der Waals surface area contributed by atoms with Crippen LogP contribution in [0.15, 0.2) is 18.2 Å². The molecule has 1 rings (SSSR count). The molecular weight excluding hydrogens is 268 g/mol. The molecule has 21 heavy (non-hydrogen) atoms. The molecular formula is C16H24N2O3. The summed E-state index contributed by atoms with van der Waals surface area (Å²) in [6, 6.07) is 4.71. The topological polar surface area (TPSA) is 67.4 Å². The molecule has 1 aromatic rings. The molecule has 0 saturated heterocycles. The van der Waals surface area contributed by atoms with Gasteiger partial charge < -0.3 is 15.4 Å². The molecule has 0 aliphatic carbocycles. The van der Waals surface area contributed by atoms with Crippen molar-refractivity contribution in [3.63, 3.8) is 0 Å². The Bertz CT molecular complexity index is 514. The number of urea groups is 1. The predicted octanol–water partition coefficient (Wildman–Crippen LogP) is 3.01. The number of anilines is 1. The van der Waals surface area contributed by atoms with Gasteiger partial charge >= 0.3 is 12.0 Å². The van der Waals surface area contributed by atoms with Crippen molar-refractivity contribution in [3.05, 3.63) is 29.3 Å². The Morgan fingerprint density at radius 3 is 2.48 bits per heavy atom. The Morgan fingerprint density at radius 1 is 1.29 bits per heavy atom. The van der Waals surface area contributed by atoms with E-state index in [2.05, 4.69) is 10.6 Å². The largest absolute Gasteiger partial charge is 0.467 e. The maximum absolute atomic E-state index is 12.1. The Kier molecular flexibility index (Phi) is 6.21. The van der Waals surface area contributed by atoms with E-state index in [0.29, 0.717) is 0 Å². The lowest BCUT2D eigenvalue weighted by Gasteiger charge is -2.22. The van der Waals surface area contributed by atoms with Gasteiger partial charge in [-0.3, -0.25) is 0 Å². The number of rotatable bonds is 5. The number of benzene rings is 1. The summed E-state index contributed by atoms with van der Waals surface area (Å²) in [5.41, 5.74) is 2.83. The second-order valence-electron chi connectivity index (χ2n) is 5.30. The first-order valence-electron chi connectivity index (χ1n) is 7.11.